The molecule has 1 rings (SSSR count). The van der Waals surface area contributed by atoms with Gasteiger partial charge in [-0.1, -0.05) is 26.1 Å². The molecule has 1 amide bonds. The Kier molecular flexibility index (Phi) is 5.10. The Morgan fingerprint density at radius 1 is 1.35 bits per heavy atom. The molecule has 0 heterocycles. The minimum Gasteiger partial charge on any atom is -0.389 e. The number of hydrogen-bond donors (Lipinski definition) is 2. The summed E-state index contributed by atoms with van der Waals surface area (Å²) in [4.78, 5) is 11.9. The number of amides is 1. The molecular formula is C13H18N2OS. The van der Waals surface area contributed by atoms with Crippen molar-refractivity contribution in [1.82, 2.24) is 0 Å². The van der Waals surface area contributed by atoms with Crippen LogP contribution in [0.4, 0.5) is 5.69 Å². The average Bonchev–Trinajstić information content (AvgIpc) is 2.27. The molecule has 0 aliphatic carbocycles. The van der Waals surface area contributed by atoms with Crippen LogP contribution in [0.1, 0.15) is 32.3 Å². The fourth-order valence-electron chi connectivity index (χ4n) is 1.36. The fourth-order valence-corrected chi connectivity index (χ4v) is 1.50. The Labute approximate surface area is 107 Å². The van der Waals surface area contributed by atoms with Crippen molar-refractivity contribution in [3.63, 3.8) is 0 Å². The number of hydrogen-bond acceptors (Lipinski definition) is 2. The molecule has 0 aliphatic heterocycles. The van der Waals surface area contributed by atoms with E-state index in [1.165, 1.54) is 0 Å². The van der Waals surface area contributed by atoms with Crippen LogP contribution in [0, 0.1) is 5.92 Å². The SMILES string of the molecule is CC(C)CCC(=O)Nc1ccc(C(N)=S)cc1. The average molecular weight is 250 g/mol. The van der Waals surface area contributed by atoms with E-state index in [0.29, 0.717) is 17.3 Å². The van der Waals surface area contributed by atoms with Crippen LogP contribution < -0.4 is 11.1 Å². The molecule has 0 spiro atoms. The highest BCUT2D eigenvalue weighted by atomic mass is 32.1. The number of rotatable bonds is 5. The van der Waals surface area contributed by atoms with Crippen molar-refractivity contribution in [2.24, 2.45) is 11.7 Å². The smallest absolute Gasteiger partial charge is 0.224 e. The first-order chi connectivity index (χ1) is 7.99. The van der Waals surface area contributed by atoms with E-state index >= 15 is 0 Å². The summed E-state index contributed by atoms with van der Waals surface area (Å²) in [5, 5.41) is 2.84. The molecule has 0 radical (unpaired) electrons. The molecule has 0 fully saturated rings. The molecule has 0 aromatic heterocycles. The number of anilines is 1. The van der Waals surface area contributed by atoms with Crippen LogP contribution in [0.15, 0.2) is 24.3 Å². The van der Waals surface area contributed by atoms with Gasteiger partial charge in [-0.15, -0.1) is 0 Å². The lowest BCUT2D eigenvalue weighted by atomic mass is 10.1. The lowest BCUT2D eigenvalue weighted by Crippen LogP contribution is -2.13. The van der Waals surface area contributed by atoms with E-state index in [-0.39, 0.29) is 5.91 Å². The van der Waals surface area contributed by atoms with Gasteiger partial charge >= 0.3 is 0 Å². The maximum Gasteiger partial charge on any atom is 0.224 e. The lowest BCUT2D eigenvalue weighted by Gasteiger charge is -2.07. The first kappa shape index (κ1) is 13.6. The Morgan fingerprint density at radius 2 is 1.94 bits per heavy atom. The number of nitrogens with two attached hydrogens (primary N) is 1. The summed E-state index contributed by atoms with van der Waals surface area (Å²) < 4.78 is 0. The zero-order chi connectivity index (χ0) is 12.8. The lowest BCUT2D eigenvalue weighted by molar-refractivity contribution is -0.116. The summed E-state index contributed by atoms with van der Waals surface area (Å²) in [6, 6.07) is 7.23. The topological polar surface area (TPSA) is 55.1 Å². The van der Waals surface area contributed by atoms with E-state index in [4.69, 9.17) is 18.0 Å². The monoisotopic (exact) mass is 250 g/mol. The van der Waals surface area contributed by atoms with Crippen molar-refractivity contribution >= 4 is 28.8 Å². The van der Waals surface area contributed by atoms with Gasteiger partial charge in [0, 0.05) is 17.7 Å². The van der Waals surface area contributed by atoms with E-state index in [1.54, 1.807) is 12.1 Å². The minimum absolute atomic E-state index is 0.0433. The number of benzene rings is 1. The van der Waals surface area contributed by atoms with E-state index in [2.05, 4.69) is 19.2 Å². The molecule has 4 heteroatoms. The van der Waals surface area contributed by atoms with Crippen LogP contribution in [-0.4, -0.2) is 10.9 Å². The van der Waals surface area contributed by atoms with Gasteiger partial charge in [-0.2, -0.15) is 0 Å². The van der Waals surface area contributed by atoms with E-state index < -0.39 is 0 Å². The van der Waals surface area contributed by atoms with Gasteiger partial charge in [0.25, 0.3) is 0 Å². The fraction of sp³-hybridized carbons (Fsp3) is 0.385. The van der Waals surface area contributed by atoms with Gasteiger partial charge in [0.15, 0.2) is 0 Å². The molecule has 1 aromatic rings. The molecule has 0 aliphatic rings. The Bertz CT molecular complexity index is 398. The molecule has 17 heavy (non-hydrogen) atoms. The summed E-state index contributed by atoms with van der Waals surface area (Å²) in [5.74, 6) is 0.583. The number of thiocarbonyl (C=S) groups is 1. The molecule has 92 valence electrons. The van der Waals surface area contributed by atoms with Crippen molar-refractivity contribution in [3.8, 4) is 0 Å². The molecule has 0 saturated heterocycles. The standard InChI is InChI=1S/C13H18N2OS/c1-9(2)3-8-12(16)15-11-6-4-10(5-7-11)13(14)17/h4-7,9H,3,8H2,1-2H3,(H2,14,17)(H,15,16). The summed E-state index contributed by atoms with van der Waals surface area (Å²) in [7, 11) is 0. The van der Waals surface area contributed by atoms with Crippen LogP contribution in [0.2, 0.25) is 0 Å². The highest BCUT2D eigenvalue weighted by Crippen LogP contribution is 2.11. The maximum absolute atomic E-state index is 11.6. The summed E-state index contributed by atoms with van der Waals surface area (Å²) in [5.41, 5.74) is 7.07. The van der Waals surface area contributed by atoms with Crippen molar-refractivity contribution in [3.05, 3.63) is 29.8 Å². The molecule has 0 saturated carbocycles. The van der Waals surface area contributed by atoms with Crippen LogP contribution in [0.25, 0.3) is 0 Å². The molecule has 3 N–H and O–H groups in total. The highest BCUT2D eigenvalue weighted by molar-refractivity contribution is 7.80. The van der Waals surface area contributed by atoms with Gasteiger partial charge in [0.2, 0.25) is 5.91 Å². The van der Waals surface area contributed by atoms with Crippen LogP contribution in [0.3, 0.4) is 0 Å². The van der Waals surface area contributed by atoms with Crippen molar-refractivity contribution in [2.45, 2.75) is 26.7 Å². The van der Waals surface area contributed by atoms with Crippen LogP contribution >= 0.6 is 12.2 Å². The second kappa shape index (κ2) is 6.35. The highest BCUT2D eigenvalue weighted by Gasteiger charge is 2.04. The third-order valence-electron chi connectivity index (χ3n) is 2.40. The number of carbonyl (C=O) groups excluding carboxylic acids is 1. The van der Waals surface area contributed by atoms with Crippen LogP contribution in [-0.2, 0) is 4.79 Å². The van der Waals surface area contributed by atoms with E-state index in [9.17, 15) is 4.79 Å². The Balaban J connectivity index is 2.51. The van der Waals surface area contributed by atoms with Crippen molar-refractivity contribution < 1.29 is 4.79 Å². The van der Waals surface area contributed by atoms with E-state index in [0.717, 1.165) is 17.7 Å². The molecule has 3 nitrogen and oxygen atoms in total. The zero-order valence-electron chi connectivity index (χ0n) is 10.2. The van der Waals surface area contributed by atoms with Crippen molar-refractivity contribution in [1.29, 1.82) is 0 Å². The predicted octanol–water partition coefficient (Wildman–Crippen LogP) is 2.70. The van der Waals surface area contributed by atoms with Gasteiger partial charge in [-0.05, 0) is 36.6 Å². The van der Waals surface area contributed by atoms with Gasteiger partial charge in [0.05, 0.1) is 0 Å². The molecule has 1 aromatic carbocycles. The van der Waals surface area contributed by atoms with E-state index in [1.807, 2.05) is 12.1 Å². The largest absolute Gasteiger partial charge is 0.389 e. The predicted molar refractivity (Wildman–Crippen MR) is 75.0 cm³/mol. The molecule has 0 atom stereocenters. The Hall–Kier alpha value is -1.42. The zero-order valence-corrected chi connectivity index (χ0v) is 11.0. The Morgan fingerprint density at radius 3 is 2.41 bits per heavy atom. The second-order valence-electron chi connectivity index (χ2n) is 4.42. The molecule has 0 bridgehead atoms. The first-order valence-electron chi connectivity index (χ1n) is 5.68. The normalized spacial score (nSPS) is 10.3. The molecular weight excluding hydrogens is 232 g/mol. The second-order valence-corrected chi connectivity index (χ2v) is 4.86. The van der Waals surface area contributed by atoms with Gasteiger partial charge in [-0.25, -0.2) is 0 Å². The number of carbonyl (C=O) groups is 1. The summed E-state index contributed by atoms with van der Waals surface area (Å²) >= 11 is 4.85. The minimum atomic E-state index is 0.0433. The maximum atomic E-state index is 11.6. The summed E-state index contributed by atoms with van der Waals surface area (Å²) in [6.45, 7) is 4.20. The van der Waals surface area contributed by atoms with Gasteiger partial charge < -0.3 is 11.1 Å². The first-order valence-corrected chi connectivity index (χ1v) is 6.09. The van der Waals surface area contributed by atoms with Gasteiger partial charge in [-0.3, -0.25) is 4.79 Å². The third kappa shape index (κ3) is 4.95. The summed E-state index contributed by atoms with van der Waals surface area (Å²) in [6.07, 6.45) is 1.45. The van der Waals surface area contributed by atoms with Gasteiger partial charge in [0.1, 0.15) is 4.99 Å². The number of nitrogens with one attached hydrogen (secondary N) is 1. The third-order valence-corrected chi connectivity index (χ3v) is 2.64. The van der Waals surface area contributed by atoms with Crippen LogP contribution in [0.5, 0.6) is 0 Å². The molecule has 0 unspecified atom stereocenters. The quantitative estimate of drug-likeness (QED) is 0.790. The van der Waals surface area contributed by atoms with Crippen molar-refractivity contribution in [2.75, 3.05) is 5.32 Å².